The van der Waals surface area contributed by atoms with E-state index in [0.717, 1.165) is 41.8 Å². The number of halogens is 2. The average molecular weight is 566 g/mol. The molecule has 0 aromatic heterocycles. The van der Waals surface area contributed by atoms with Gasteiger partial charge in [0, 0.05) is 30.6 Å². The summed E-state index contributed by atoms with van der Waals surface area (Å²) in [5, 5.41) is 3.71. The summed E-state index contributed by atoms with van der Waals surface area (Å²) < 4.78 is 40.1. The smallest absolute Gasteiger partial charge is 0.243 e. The third kappa shape index (κ3) is 8.43. The van der Waals surface area contributed by atoms with E-state index in [-0.39, 0.29) is 49.5 Å². The number of carbonyl (C=O) groups excluding carboxylic acids is 2. The van der Waals surface area contributed by atoms with Gasteiger partial charge in [0.15, 0.2) is 0 Å². The number of anilines is 1. The van der Waals surface area contributed by atoms with Crippen molar-refractivity contribution in [3.63, 3.8) is 0 Å². The van der Waals surface area contributed by atoms with Gasteiger partial charge in [-0.1, -0.05) is 62.1 Å². The molecule has 0 aliphatic heterocycles. The lowest BCUT2D eigenvalue weighted by Crippen LogP contribution is -2.51. The normalized spacial score (nSPS) is 15.1. The molecular formula is C28H37ClFN3O4S. The van der Waals surface area contributed by atoms with Crippen LogP contribution in [0.2, 0.25) is 5.02 Å². The van der Waals surface area contributed by atoms with Crippen LogP contribution in [0, 0.1) is 5.82 Å². The number of nitrogens with zero attached hydrogens (tertiary/aromatic N) is 2. The summed E-state index contributed by atoms with van der Waals surface area (Å²) in [6.45, 7) is 2.03. The average Bonchev–Trinajstić information content (AvgIpc) is 2.88. The lowest BCUT2D eigenvalue weighted by Gasteiger charge is -2.33. The summed E-state index contributed by atoms with van der Waals surface area (Å²) >= 11 is 6.03. The van der Waals surface area contributed by atoms with Gasteiger partial charge in [-0.2, -0.15) is 0 Å². The second-order valence-corrected chi connectivity index (χ2v) is 12.1. The number of para-hydroxylation sites is 1. The molecule has 0 heterocycles. The number of sulfonamides is 1. The highest BCUT2D eigenvalue weighted by molar-refractivity contribution is 7.92. The molecule has 1 aliphatic carbocycles. The van der Waals surface area contributed by atoms with Gasteiger partial charge in [-0.15, -0.1) is 0 Å². The molecule has 0 bridgehead atoms. The van der Waals surface area contributed by atoms with Crippen molar-refractivity contribution in [2.75, 3.05) is 17.1 Å². The Kier molecular flexibility index (Phi) is 11.0. The summed E-state index contributed by atoms with van der Waals surface area (Å²) in [5.41, 5.74) is 0.773. The van der Waals surface area contributed by atoms with Crippen LogP contribution in [-0.4, -0.2) is 50.0 Å². The van der Waals surface area contributed by atoms with Gasteiger partial charge in [0.1, 0.15) is 11.9 Å². The van der Waals surface area contributed by atoms with Gasteiger partial charge in [-0.25, -0.2) is 12.8 Å². The standard InChI is InChI=1S/C28H37ClFN3O4S/c1-3-25(28(35)31-23-10-5-4-6-11-23)32(20-21-15-17-22(29)18-16-21)27(34)14-9-19-33(38(2,36)37)26-13-8-7-12-24(26)30/h7-8,12-13,15-18,23,25H,3-6,9-11,14,19-20H2,1-2H3,(H,31,35)/t25-/m1/s1. The third-order valence-corrected chi connectivity index (χ3v) is 8.31. The molecule has 0 spiro atoms. The highest BCUT2D eigenvalue weighted by Gasteiger charge is 2.30. The third-order valence-electron chi connectivity index (χ3n) is 6.88. The van der Waals surface area contributed by atoms with Crippen LogP contribution < -0.4 is 9.62 Å². The predicted molar refractivity (Wildman–Crippen MR) is 149 cm³/mol. The minimum absolute atomic E-state index is 0.00126. The molecule has 2 amide bonds. The fourth-order valence-electron chi connectivity index (χ4n) is 4.89. The van der Waals surface area contributed by atoms with Crippen molar-refractivity contribution >= 4 is 39.1 Å². The van der Waals surface area contributed by atoms with Crippen molar-refractivity contribution in [2.24, 2.45) is 0 Å². The predicted octanol–water partition coefficient (Wildman–Crippen LogP) is 5.28. The monoisotopic (exact) mass is 565 g/mol. The van der Waals surface area contributed by atoms with Crippen molar-refractivity contribution in [3.05, 3.63) is 64.9 Å². The molecule has 7 nitrogen and oxygen atoms in total. The lowest BCUT2D eigenvalue weighted by atomic mass is 9.95. The number of nitrogens with one attached hydrogen (secondary N) is 1. The van der Waals surface area contributed by atoms with E-state index >= 15 is 0 Å². The Morgan fingerprint density at radius 1 is 1.08 bits per heavy atom. The quantitative estimate of drug-likeness (QED) is 0.379. The molecule has 1 saturated carbocycles. The molecule has 10 heteroatoms. The Balaban J connectivity index is 1.76. The molecule has 1 N–H and O–H groups in total. The number of carbonyl (C=O) groups is 2. The van der Waals surface area contributed by atoms with Crippen LogP contribution in [0.5, 0.6) is 0 Å². The lowest BCUT2D eigenvalue weighted by molar-refractivity contribution is -0.141. The number of benzene rings is 2. The second-order valence-electron chi connectivity index (χ2n) is 9.81. The van der Waals surface area contributed by atoms with Crippen molar-refractivity contribution in [1.29, 1.82) is 0 Å². The van der Waals surface area contributed by atoms with Crippen LogP contribution >= 0.6 is 11.6 Å². The molecule has 1 aliphatic rings. The summed E-state index contributed by atoms with van der Waals surface area (Å²) in [6, 6.07) is 12.2. The van der Waals surface area contributed by atoms with Crippen molar-refractivity contribution in [2.45, 2.75) is 76.9 Å². The Labute approximate surface area is 230 Å². The van der Waals surface area contributed by atoms with E-state index in [0.29, 0.717) is 11.4 Å². The molecule has 2 aromatic rings. The Bertz CT molecular complexity index is 1190. The molecule has 1 atom stereocenters. The maximum Gasteiger partial charge on any atom is 0.243 e. The van der Waals surface area contributed by atoms with E-state index in [1.807, 2.05) is 19.1 Å². The molecule has 2 aromatic carbocycles. The van der Waals surface area contributed by atoms with Gasteiger partial charge < -0.3 is 10.2 Å². The molecule has 0 radical (unpaired) electrons. The molecule has 3 rings (SSSR count). The molecular weight excluding hydrogens is 529 g/mol. The van der Waals surface area contributed by atoms with Crippen LogP contribution in [0.1, 0.15) is 63.9 Å². The summed E-state index contributed by atoms with van der Waals surface area (Å²) in [4.78, 5) is 28.4. The zero-order chi connectivity index (χ0) is 27.7. The first-order chi connectivity index (χ1) is 18.1. The number of rotatable bonds is 12. The minimum atomic E-state index is -3.77. The minimum Gasteiger partial charge on any atom is -0.352 e. The van der Waals surface area contributed by atoms with Gasteiger partial charge in [-0.05, 0) is 55.5 Å². The first-order valence-electron chi connectivity index (χ1n) is 13.2. The SMILES string of the molecule is CC[C@H](C(=O)NC1CCCCC1)N(Cc1ccc(Cl)cc1)C(=O)CCCN(c1ccccc1F)S(C)(=O)=O. The van der Waals surface area contributed by atoms with E-state index in [1.54, 1.807) is 23.1 Å². The fourth-order valence-corrected chi connectivity index (χ4v) is 5.98. The molecule has 38 heavy (non-hydrogen) atoms. The zero-order valence-electron chi connectivity index (χ0n) is 22.0. The van der Waals surface area contributed by atoms with Gasteiger partial charge >= 0.3 is 0 Å². The maximum absolute atomic E-state index is 14.4. The number of amides is 2. The summed E-state index contributed by atoms with van der Waals surface area (Å²) in [5.74, 6) is -1.10. The molecule has 0 unspecified atom stereocenters. The first kappa shape index (κ1) is 29.9. The van der Waals surface area contributed by atoms with Crippen molar-refractivity contribution in [1.82, 2.24) is 10.2 Å². The van der Waals surface area contributed by atoms with E-state index in [4.69, 9.17) is 11.6 Å². The Hall–Kier alpha value is -2.65. The first-order valence-corrected chi connectivity index (χ1v) is 15.4. The second kappa shape index (κ2) is 13.9. The van der Waals surface area contributed by atoms with E-state index < -0.39 is 21.9 Å². The topological polar surface area (TPSA) is 86.8 Å². The van der Waals surface area contributed by atoms with E-state index in [2.05, 4.69) is 5.32 Å². The largest absolute Gasteiger partial charge is 0.352 e. The molecule has 0 saturated heterocycles. The van der Waals surface area contributed by atoms with E-state index in [9.17, 15) is 22.4 Å². The van der Waals surface area contributed by atoms with Crippen LogP contribution in [0.15, 0.2) is 48.5 Å². The maximum atomic E-state index is 14.4. The van der Waals surface area contributed by atoms with Gasteiger partial charge in [0.25, 0.3) is 0 Å². The molecule has 208 valence electrons. The van der Waals surface area contributed by atoms with Crippen molar-refractivity contribution in [3.8, 4) is 0 Å². The van der Waals surface area contributed by atoms with Gasteiger partial charge in [0.05, 0.1) is 11.9 Å². The van der Waals surface area contributed by atoms with Crippen LogP contribution in [-0.2, 0) is 26.2 Å². The van der Waals surface area contributed by atoms with Crippen LogP contribution in [0.4, 0.5) is 10.1 Å². The highest BCUT2D eigenvalue weighted by atomic mass is 35.5. The Morgan fingerprint density at radius 2 is 1.74 bits per heavy atom. The highest BCUT2D eigenvalue weighted by Crippen LogP contribution is 2.23. The summed E-state index contributed by atoms with van der Waals surface area (Å²) in [6.07, 6.45) is 6.80. The number of hydrogen-bond acceptors (Lipinski definition) is 4. The zero-order valence-corrected chi connectivity index (χ0v) is 23.6. The van der Waals surface area contributed by atoms with Gasteiger partial charge in [0.2, 0.25) is 21.8 Å². The number of hydrogen-bond donors (Lipinski definition) is 1. The Morgan fingerprint density at radius 3 is 2.34 bits per heavy atom. The molecule has 1 fully saturated rings. The van der Waals surface area contributed by atoms with E-state index in [1.165, 1.54) is 24.6 Å². The fraction of sp³-hybridized carbons (Fsp3) is 0.500. The van der Waals surface area contributed by atoms with Crippen molar-refractivity contribution < 1.29 is 22.4 Å². The van der Waals surface area contributed by atoms with Crippen LogP contribution in [0.3, 0.4) is 0 Å². The van der Waals surface area contributed by atoms with Crippen LogP contribution in [0.25, 0.3) is 0 Å². The summed E-state index contributed by atoms with van der Waals surface area (Å²) in [7, 11) is -3.77. The van der Waals surface area contributed by atoms with Gasteiger partial charge in [-0.3, -0.25) is 13.9 Å².